The van der Waals surface area contributed by atoms with Gasteiger partial charge in [0.15, 0.2) is 0 Å². The van der Waals surface area contributed by atoms with Gasteiger partial charge in [-0.1, -0.05) is 24.6 Å². The third kappa shape index (κ3) is 4.95. The lowest BCUT2D eigenvalue weighted by Crippen LogP contribution is -2.32. The molecule has 0 spiro atoms. The van der Waals surface area contributed by atoms with E-state index < -0.39 is 6.03 Å². The molecule has 0 radical (unpaired) electrons. The third-order valence-electron chi connectivity index (χ3n) is 3.67. The van der Waals surface area contributed by atoms with E-state index in [1.54, 1.807) is 0 Å². The Morgan fingerprint density at radius 1 is 1.23 bits per heavy atom. The summed E-state index contributed by atoms with van der Waals surface area (Å²) in [7, 11) is 0. The number of hydrogen-bond donors (Lipinski definition) is 3. The molecule has 3 amide bonds. The van der Waals surface area contributed by atoms with Crippen LogP contribution in [0.5, 0.6) is 5.75 Å². The summed E-state index contributed by atoms with van der Waals surface area (Å²) in [5.74, 6) is 0.918. The zero-order valence-electron chi connectivity index (χ0n) is 12.6. The number of hydrogen-bond acceptors (Lipinski definition) is 3. The van der Waals surface area contributed by atoms with Crippen LogP contribution < -0.4 is 21.1 Å². The molecule has 1 aromatic carbocycles. The maximum Gasteiger partial charge on any atom is 0.312 e. The topological polar surface area (TPSA) is 93.5 Å². The third-order valence-corrected chi connectivity index (χ3v) is 3.67. The number of amides is 3. The van der Waals surface area contributed by atoms with E-state index in [1.165, 1.54) is 0 Å². The van der Waals surface area contributed by atoms with Gasteiger partial charge in [0.2, 0.25) is 5.91 Å². The molecule has 1 aromatic rings. The first kappa shape index (κ1) is 16.1. The van der Waals surface area contributed by atoms with E-state index in [-0.39, 0.29) is 11.9 Å². The summed E-state index contributed by atoms with van der Waals surface area (Å²) in [5, 5.41) is 5.61. The molecule has 0 saturated carbocycles. The minimum Gasteiger partial charge on any atom is -0.493 e. The zero-order valence-corrected chi connectivity index (χ0v) is 12.6. The molecule has 6 nitrogen and oxygen atoms in total. The predicted octanol–water partition coefficient (Wildman–Crippen LogP) is 1.86. The van der Waals surface area contributed by atoms with E-state index in [0.717, 1.165) is 37.0 Å². The van der Waals surface area contributed by atoms with Gasteiger partial charge in [0.25, 0.3) is 0 Å². The van der Waals surface area contributed by atoms with E-state index in [4.69, 9.17) is 10.5 Å². The lowest BCUT2D eigenvalue weighted by molar-refractivity contribution is -0.122. The predicted molar refractivity (Wildman–Crippen MR) is 83.5 cm³/mol. The van der Waals surface area contributed by atoms with Gasteiger partial charge in [-0.25, -0.2) is 4.79 Å². The number of carbonyl (C=O) groups excluding carboxylic acids is 2. The number of fused-ring (bicyclic) bond motifs is 1. The first-order valence-corrected chi connectivity index (χ1v) is 7.71. The Labute approximate surface area is 130 Å². The van der Waals surface area contributed by atoms with Crippen LogP contribution in [-0.4, -0.2) is 25.1 Å². The van der Waals surface area contributed by atoms with Crippen LogP contribution in [0.1, 0.15) is 43.7 Å². The van der Waals surface area contributed by atoms with Gasteiger partial charge in [-0.3, -0.25) is 4.79 Å². The van der Waals surface area contributed by atoms with Crippen molar-refractivity contribution < 1.29 is 14.3 Å². The molecule has 0 unspecified atom stereocenters. The zero-order chi connectivity index (χ0) is 15.8. The summed E-state index contributed by atoms with van der Waals surface area (Å²) in [5.41, 5.74) is 6.02. The molecule has 2 rings (SSSR count). The number of benzene rings is 1. The van der Waals surface area contributed by atoms with Gasteiger partial charge in [0.05, 0.1) is 12.6 Å². The van der Waals surface area contributed by atoms with Crippen molar-refractivity contribution >= 4 is 11.9 Å². The molecule has 0 aliphatic carbocycles. The molecule has 1 atom stereocenters. The van der Waals surface area contributed by atoms with E-state index >= 15 is 0 Å². The van der Waals surface area contributed by atoms with Crippen LogP contribution >= 0.6 is 0 Å². The van der Waals surface area contributed by atoms with Gasteiger partial charge < -0.3 is 21.1 Å². The van der Waals surface area contributed by atoms with Crippen molar-refractivity contribution in [3.8, 4) is 5.75 Å². The first-order chi connectivity index (χ1) is 10.7. The quantitative estimate of drug-likeness (QED) is 0.671. The van der Waals surface area contributed by atoms with Gasteiger partial charge in [-0.15, -0.1) is 0 Å². The molecule has 1 aliphatic rings. The standard InChI is InChI=1S/C16H23N3O3/c17-16(21)18-10-5-1-2-8-15(20)19-13-9-11-22-14-7-4-3-6-12(13)14/h3-4,6-7,13H,1-2,5,8-11H2,(H,19,20)(H3,17,18,21)/t13-/m0/s1. The largest absolute Gasteiger partial charge is 0.493 e. The number of primary amides is 1. The Morgan fingerprint density at radius 3 is 2.86 bits per heavy atom. The van der Waals surface area contributed by atoms with Crippen LogP contribution in [0.25, 0.3) is 0 Å². The number of unbranched alkanes of at least 4 members (excludes halogenated alkanes) is 2. The summed E-state index contributed by atoms with van der Waals surface area (Å²) in [6.45, 7) is 1.19. The minimum absolute atomic E-state index is 0.0361. The van der Waals surface area contributed by atoms with Crippen molar-refractivity contribution in [1.29, 1.82) is 0 Å². The minimum atomic E-state index is -0.504. The van der Waals surface area contributed by atoms with Gasteiger partial charge in [0, 0.05) is 24.9 Å². The van der Waals surface area contributed by atoms with E-state index in [2.05, 4.69) is 10.6 Å². The van der Waals surface area contributed by atoms with Crippen LogP contribution in [0.3, 0.4) is 0 Å². The number of nitrogens with two attached hydrogens (primary N) is 1. The molecule has 0 aromatic heterocycles. The highest BCUT2D eigenvalue weighted by atomic mass is 16.5. The lowest BCUT2D eigenvalue weighted by atomic mass is 10.0. The number of nitrogens with one attached hydrogen (secondary N) is 2. The average molecular weight is 305 g/mol. The second kappa shape index (κ2) is 8.26. The molecular weight excluding hydrogens is 282 g/mol. The van der Waals surface area contributed by atoms with Gasteiger partial charge >= 0.3 is 6.03 Å². The normalized spacial score (nSPS) is 16.3. The monoisotopic (exact) mass is 305 g/mol. The Balaban J connectivity index is 1.69. The smallest absolute Gasteiger partial charge is 0.312 e. The van der Waals surface area contributed by atoms with Crippen LogP contribution in [0.4, 0.5) is 4.79 Å². The van der Waals surface area contributed by atoms with Gasteiger partial charge in [-0.05, 0) is 18.9 Å². The highest BCUT2D eigenvalue weighted by Gasteiger charge is 2.22. The number of para-hydroxylation sites is 1. The Hall–Kier alpha value is -2.24. The SMILES string of the molecule is NC(=O)NCCCCCC(=O)N[C@H]1CCOc2ccccc21. The molecule has 22 heavy (non-hydrogen) atoms. The van der Waals surface area contributed by atoms with Crippen LogP contribution in [0, 0.1) is 0 Å². The number of rotatable bonds is 7. The van der Waals surface area contributed by atoms with E-state index in [9.17, 15) is 9.59 Å². The fraction of sp³-hybridized carbons (Fsp3) is 0.500. The summed E-state index contributed by atoms with van der Waals surface area (Å²) >= 11 is 0. The highest BCUT2D eigenvalue weighted by Crippen LogP contribution is 2.31. The highest BCUT2D eigenvalue weighted by molar-refractivity contribution is 5.76. The molecule has 1 aliphatic heterocycles. The maximum atomic E-state index is 12.0. The van der Waals surface area contributed by atoms with E-state index in [1.807, 2.05) is 24.3 Å². The molecule has 6 heteroatoms. The van der Waals surface area contributed by atoms with Crippen molar-refractivity contribution in [1.82, 2.24) is 10.6 Å². The molecule has 4 N–H and O–H groups in total. The molecule has 0 fully saturated rings. The van der Waals surface area contributed by atoms with Crippen LogP contribution in [0.2, 0.25) is 0 Å². The maximum absolute atomic E-state index is 12.0. The fourth-order valence-electron chi connectivity index (χ4n) is 2.56. The molecule has 120 valence electrons. The average Bonchev–Trinajstić information content (AvgIpc) is 2.51. The van der Waals surface area contributed by atoms with Crippen molar-refractivity contribution in [2.45, 2.75) is 38.1 Å². The number of carbonyl (C=O) groups is 2. The van der Waals surface area contributed by atoms with Crippen LogP contribution in [0.15, 0.2) is 24.3 Å². The van der Waals surface area contributed by atoms with Crippen molar-refractivity contribution in [2.75, 3.05) is 13.2 Å². The lowest BCUT2D eigenvalue weighted by Gasteiger charge is -2.26. The number of urea groups is 1. The summed E-state index contributed by atoms with van der Waals surface area (Å²) < 4.78 is 5.58. The molecule has 0 bridgehead atoms. The van der Waals surface area contributed by atoms with E-state index in [0.29, 0.717) is 19.6 Å². The van der Waals surface area contributed by atoms with Gasteiger partial charge in [0.1, 0.15) is 5.75 Å². The molecule has 1 heterocycles. The van der Waals surface area contributed by atoms with Crippen molar-refractivity contribution in [3.05, 3.63) is 29.8 Å². The summed E-state index contributed by atoms with van der Waals surface area (Å²) in [6, 6.07) is 7.35. The van der Waals surface area contributed by atoms with Crippen molar-refractivity contribution in [3.63, 3.8) is 0 Å². The second-order valence-corrected chi connectivity index (χ2v) is 5.40. The molecular formula is C16H23N3O3. The van der Waals surface area contributed by atoms with Crippen molar-refractivity contribution in [2.24, 2.45) is 5.73 Å². The van der Waals surface area contributed by atoms with Gasteiger partial charge in [-0.2, -0.15) is 0 Å². The number of ether oxygens (including phenoxy) is 1. The Morgan fingerprint density at radius 2 is 2.05 bits per heavy atom. The fourth-order valence-corrected chi connectivity index (χ4v) is 2.56. The van der Waals surface area contributed by atoms with Crippen LogP contribution in [-0.2, 0) is 4.79 Å². The molecule has 0 saturated heterocycles. The second-order valence-electron chi connectivity index (χ2n) is 5.40. The first-order valence-electron chi connectivity index (χ1n) is 7.71. The Bertz CT molecular complexity index is 519. The summed E-state index contributed by atoms with van der Waals surface area (Å²) in [4.78, 5) is 22.5. The summed E-state index contributed by atoms with van der Waals surface area (Å²) in [6.07, 6.45) is 3.81. The Kier molecular flexibility index (Phi) is 6.06.